The van der Waals surface area contributed by atoms with E-state index < -0.39 is 0 Å². The molecule has 0 aliphatic carbocycles. The van der Waals surface area contributed by atoms with Crippen molar-refractivity contribution in [1.82, 2.24) is 9.13 Å². The van der Waals surface area contributed by atoms with Gasteiger partial charge in [0, 0.05) is 96.3 Å². The van der Waals surface area contributed by atoms with E-state index in [0.717, 1.165) is 72.2 Å². The Morgan fingerprint density at radius 1 is 0.353 bits per heavy atom. The molecular formula is C62H35N4S2+. The van der Waals surface area contributed by atoms with Crippen LogP contribution in [0, 0.1) is 17.4 Å². The van der Waals surface area contributed by atoms with E-state index in [1.54, 1.807) is 11.3 Å². The third kappa shape index (κ3) is 5.82. The number of hydrogen-bond acceptors (Lipinski definition) is 3. The van der Waals surface area contributed by atoms with Crippen LogP contribution in [0.1, 0.15) is 11.1 Å². The molecule has 0 saturated carbocycles. The summed E-state index contributed by atoms with van der Waals surface area (Å²) in [5.74, 6) is 0. The van der Waals surface area contributed by atoms with Gasteiger partial charge in [0.05, 0.1) is 45.1 Å². The second-order valence-corrected chi connectivity index (χ2v) is 19.4. The second-order valence-electron chi connectivity index (χ2n) is 17.3. The maximum Gasteiger partial charge on any atom is 0.341 e. The van der Waals surface area contributed by atoms with Gasteiger partial charge in [-0.15, -0.1) is 22.7 Å². The lowest BCUT2D eigenvalue weighted by atomic mass is 9.99. The molecule has 6 heteroatoms. The van der Waals surface area contributed by atoms with E-state index in [4.69, 9.17) is 4.85 Å². The SMILES string of the molecule is N#Cc1ccc(-n2c3ccccc3c3cc([N+]#Cc4ccc(-c5cccc6c5sc5ccccc56)c(-n5c6ccccc6c6ccccc65)c4)ccc32)c(-c2cccc3c2sc2ccccc23)c1. The fourth-order valence-electron chi connectivity index (χ4n) is 10.5. The van der Waals surface area contributed by atoms with E-state index >= 15 is 0 Å². The fraction of sp³-hybridized carbons (Fsp3) is 0. The van der Waals surface area contributed by atoms with Gasteiger partial charge in [-0.2, -0.15) is 5.26 Å². The highest BCUT2D eigenvalue weighted by molar-refractivity contribution is 7.26. The molecule has 0 radical (unpaired) electrons. The molecule has 314 valence electrons. The Morgan fingerprint density at radius 3 is 1.47 bits per heavy atom. The van der Waals surface area contributed by atoms with E-state index in [0.29, 0.717) is 5.56 Å². The summed E-state index contributed by atoms with van der Waals surface area (Å²) in [7, 11) is 0. The molecule has 0 atom stereocenters. The van der Waals surface area contributed by atoms with E-state index in [1.165, 1.54) is 56.7 Å². The van der Waals surface area contributed by atoms with Gasteiger partial charge in [0.1, 0.15) is 5.56 Å². The molecule has 10 aromatic carbocycles. The third-order valence-corrected chi connectivity index (χ3v) is 16.0. The molecule has 0 spiro atoms. The topological polar surface area (TPSA) is 38.0 Å². The minimum absolute atomic E-state index is 0.626. The number of thiophene rings is 2. The van der Waals surface area contributed by atoms with Crippen molar-refractivity contribution in [3.63, 3.8) is 0 Å². The molecule has 0 N–H and O–H groups in total. The molecule has 14 rings (SSSR count). The van der Waals surface area contributed by atoms with Crippen LogP contribution in [0.4, 0.5) is 5.69 Å². The third-order valence-electron chi connectivity index (χ3n) is 13.5. The highest BCUT2D eigenvalue weighted by Gasteiger charge is 2.22. The first kappa shape index (κ1) is 38.5. The van der Waals surface area contributed by atoms with Crippen molar-refractivity contribution < 1.29 is 0 Å². The average molecular weight is 900 g/mol. The lowest BCUT2D eigenvalue weighted by Gasteiger charge is -2.15. The summed E-state index contributed by atoms with van der Waals surface area (Å²) in [6.07, 6.45) is 0. The van der Waals surface area contributed by atoms with Crippen molar-refractivity contribution in [3.8, 4) is 45.8 Å². The van der Waals surface area contributed by atoms with Crippen LogP contribution in [0.3, 0.4) is 0 Å². The largest absolute Gasteiger partial charge is 0.341 e. The highest BCUT2D eigenvalue weighted by Crippen LogP contribution is 2.46. The van der Waals surface area contributed by atoms with Crippen LogP contribution < -0.4 is 0 Å². The van der Waals surface area contributed by atoms with Crippen molar-refractivity contribution in [3.05, 3.63) is 228 Å². The Bertz CT molecular complexity index is 4490. The standard InChI is InChI=1S/C62H35N4S2/c63-36-38-28-31-56(51(33-38)50-21-12-20-49-46-17-5-10-26-60(46)68-62(49)50)65-55-24-8-3-15-43(55)52-35-40(29-32-57(52)65)64-37-39-27-30-44(47-18-11-19-48-45-16-4-9-25-59(45)67-61(47)48)58(34-39)66-53-22-6-1-13-41(53)42-14-2-7-23-54(42)66/h1-35H/q+1. The zero-order valence-electron chi connectivity index (χ0n) is 36.3. The Hall–Kier alpha value is -8.78. The van der Waals surface area contributed by atoms with Gasteiger partial charge in [-0.25, -0.2) is 0 Å². The zero-order valence-corrected chi connectivity index (χ0v) is 37.9. The number of nitriles is 1. The number of rotatable bonds is 4. The van der Waals surface area contributed by atoms with E-state index in [9.17, 15) is 5.26 Å². The van der Waals surface area contributed by atoms with Crippen LogP contribution in [0.15, 0.2) is 212 Å². The number of aromatic nitrogens is 2. The van der Waals surface area contributed by atoms with Crippen LogP contribution in [-0.4, -0.2) is 9.13 Å². The summed E-state index contributed by atoms with van der Waals surface area (Å²) >= 11 is 3.66. The first-order chi connectivity index (χ1) is 33.7. The minimum Gasteiger partial charge on any atom is -0.309 e. The molecule has 4 aromatic heterocycles. The number of fused-ring (bicyclic) bond motifs is 12. The van der Waals surface area contributed by atoms with Crippen LogP contribution in [0.25, 0.3) is 122 Å². The van der Waals surface area contributed by atoms with Gasteiger partial charge in [-0.05, 0) is 71.6 Å². The lowest BCUT2D eigenvalue weighted by Crippen LogP contribution is -1.98. The van der Waals surface area contributed by atoms with Gasteiger partial charge in [0.2, 0.25) is 0 Å². The highest BCUT2D eigenvalue weighted by atomic mass is 32.1. The molecule has 68 heavy (non-hydrogen) atoms. The summed E-state index contributed by atoms with van der Waals surface area (Å²) in [6, 6.07) is 81.6. The summed E-state index contributed by atoms with van der Waals surface area (Å²) in [5.41, 5.74) is 13.4. The predicted octanol–water partition coefficient (Wildman–Crippen LogP) is 17.8. The summed E-state index contributed by atoms with van der Waals surface area (Å²) in [6.45, 7) is 0. The van der Waals surface area contributed by atoms with Crippen LogP contribution in [0.5, 0.6) is 0 Å². The van der Waals surface area contributed by atoms with Crippen LogP contribution in [-0.2, 0) is 0 Å². The normalized spacial score (nSPS) is 11.7. The van der Waals surface area contributed by atoms with Crippen molar-refractivity contribution in [1.29, 1.82) is 5.26 Å². The first-order valence-electron chi connectivity index (χ1n) is 22.7. The van der Waals surface area contributed by atoms with Gasteiger partial charge in [0.15, 0.2) is 0 Å². The Balaban J connectivity index is 0.938. The number of hydrogen-bond donors (Lipinski definition) is 0. The molecule has 4 nitrogen and oxygen atoms in total. The minimum atomic E-state index is 0.626. The van der Waals surface area contributed by atoms with Crippen molar-refractivity contribution in [2.75, 3.05) is 0 Å². The summed E-state index contributed by atoms with van der Waals surface area (Å²) in [5, 5.41) is 19.9. The average Bonchev–Trinajstić information content (AvgIpc) is 4.16. The first-order valence-corrected chi connectivity index (χ1v) is 24.3. The van der Waals surface area contributed by atoms with Gasteiger partial charge < -0.3 is 9.13 Å². The zero-order chi connectivity index (χ0) is 44.9. The smallest absolute Gasteiger partial charge is 0.309 e. The van der Waals surface area contributed by atoms with E-state index in [1.807, 2.05) is 23.5 Å². The van der Waals surface area contributed by atoms with Gasteiger partial charge in [-0.1, -0.05) is 133 Å². The van der Waals surface area contributed by atoms with Crippen molar-refractivity contribution in [2.45, 2.75) is 0 Å². The lowest BCUT2D eigenvalue weighted by molar-refractivity contribution is 1.18. The van der Waals surface area contributed by atoms with E-state index in [2.05, 4.69) is 221 Å². The van der Waals surface area contributed by atoms with Crippen molar-refractivity contribution >= 4 is 112 Å². The monoisotopic (exact) mass is 899 g/mol. The Labute approximate surface area is 398 Å². The van der Waals surface area contributed by atoms with Crippen LogP contribution in [0.2, 0.25) is 0 Å². The quantitative estimate of drug-likeness (QED) is 0.173. The van der Waals surface area contributed by atoms with Gasteiger partial charge in [0.25, 0.3) is 0 Å². The molecule has 0 amide bonds. The Kier molecular flexibility index (Phi) is 8.57. The molecule has 0 aliphatic heterocycles. The fourth-order valence-corrected chi connectivity index (χ4v) is 13.0. The summed E-state index contributed by atoms with van der Waals surface area (Å²) in [4.78, 5) is 5.09. The maximum atomic E-state index is 10.2. The summed E-state index contributed by atoms with van der Waals surface area (Å²) < 4.78 is 9.78. The predicted molar refractivity (Wildman–Crippen MR) is 289 cm³/mol. The maximum absolute atomic E-state index is 10.2. The molecule has 0 bridgehead atoms. The molecule has 0 unspecified atom stereocenters. The van der Waals surface area contributed by atoms with Gasteiger partial charge >= 0.3 is 11.8 Å². The molecule has 0 fully saturated rings. The molecule has 4 heterocycles. The van der Waals surface area contributed by atoms with Crippen molar-refractivity contribution in [2.24, 2.45) is 0 Å². The van der Waals surface area contributed by atoms with E-state index in [-0.39, 0.29) is 0 Å². The molecular weight excluding hydrogens is 865 g/mol. The molecule has 0 aliphatic rings. The number of benzene rings is 10. The van der Waals surface area contributed by atoms with Crippen LogP contribution >= 0.6 is 22.7 Å². The molecule has 14 aromatic rings. The van der Waals surface area contributed by atoms with Gasteiger partial charge in [-0.3, -0.25) is 0 Å². The Morgan fingerprint density at radius 2 is 0.853 bits per heavy atom. The number of para-hydroxylation sites is 3. The number of nitrogens with zero attached hydrogens (tertiary/aromatic N) is 4. The second kappa shape index (κ2) is 15.1. The molecule has 0 saturated heterocycles.